The van der Waals surface area contributed by atoms with Crippen LogP contribution >= 0.6 is 0 Å². The number of amides is 1. The first-order chi connectivity index (χ1) is 10.7. The van der Waals surface area contributed by atoms with Crippen LogP contribution in [-0.2, 0) is 4.79 Å². The van der Waals surface area contributed by atoms with Gasteiger partial charge < -0.3 is 15.0 Å². The van der Waals surface area contributed by atoms with Crippen LogP contribution in [0.25, 0.3) is 16.9 Å². The van der Waals surface area contributed by atoms with E-state index in [-0.39, 0.29) is 6.61 Å². The van der Waals surface area contributed by atoms with E-state index in [1.165, 1.54) is 0 Å². The maximum absolute atomic E-state index is 10.8. The van der Waals surface area contributed by atoms with Crippen molar-refractivity contribution in [1.29, 1.82) is 0 Å². The molecule has 5 nitrogen and oxygen atoms in total. The van der Waals surface area contributed by atoms with Crippen LogP contribution in [0.1, 0.15) is 0 Å². The molecule has 0 spiro atoms. The minimum Gasteiger partial charge on any atom is -0.484 e. The van der Waals surface area contributed by atoms with E-state index in [4.69, 9.17) is 10.5 Å². The second kappa shape index (κ2) is 6.13. The van der Waals surface area contributed by atoms with Crippen LogP contribution in [0.2, 0.25) is 0 Å². The van der Waals surface area contributed by atoms with Gasteiger partial charge in [-0.05, 0) is 12.1 Å². The van der Waals surface area contributed by atoms with Crippen molar-refractivity contribution in [3.63, 3.8) is 0 Å². The van der Waals surface area contributed by atoms with Crippen molar-refractivity contribution in [2.45, 2.75) is 0 Å². The molecular formula is C17H15N3O2. The third-order valence-electron chi connectivity index (χ3n) is 3.15. The molecule has 0 bridgehead atoms. The summed E-state index contributed by atoms with van der Waals surface area (Å²) in [7, 11) is 0. The summed E-state index contributed by atoms with van der Waals surface area (Å²) in [6.07, 6.45) is 3.69. The first-order valence-electron chi connectivity index (χ1n) is 6.83. The fraction of sp³-hybridized carbons (Fsp3) is 0.0588. The zero-order valence-corrected chi connectivity index (χ0v) is 11.8. The third-order valence-corrected chi connectivity index (χ3v) is 3.15. The number of hydrogen-bond donors (Lipinski definition) is 1. The summed E-state index contributed by atoms with van der Waals surface area (Å²) < 4.78 is 7.21. The molecular weight excluding hydrogens is 278 g/mol. The van der Waals surface area contributed by atoms with Gasteiger partial charge in [-0.1, -0.05) is 36.4 Å². The fourth-order valence-corrected chi connectivity index (χ4v) is 2.11. The summed E-state index contributed by atoms with van der Waals surface area (Å²) in [6.45, 7) is -0.136. The average molecular weight is 293 g/mol. The summed E-state index contributed by atoms with van der Waals surface area (Å²) in [5, 5.41) is 0. The number of nitrogens with two attached hydrogens (primary N) is 1. The lowest BCUT2D eigenvalue weighted by Crippen LogP contribution is -2.20. The van der Waals surface area contributed by atoms with Crippen molar-refractivity contribution in [3.05, 3.63) is 67.1 Å². The molecule has 1 aromatic heterocycles. The van der Waals surface area contributed by atoms with Gasteiger partial charge in [0.15, 0.2) is 6.61 Å². The van der Waals surface area contributed by atoms with E-state index in [2.05, 4.69) is 4.98 Å². The molecule has 0 saturated heterocycles. The number of hydrogen-bond acceptors (Lipinski definition) is 3. The molecule has 1 heterocycles. The first-order valence-corrected chi connectivity index (χ1v) is 6.83. The lowest BCUT2D eigenvalue weighted by molar-refractivity contribution is -0.119. The lowest BCUT2D eigenvalue weighted by Gasteiger charge is -2.06. The van der Waals surface area contributed by atoms with Gasteiger partial charge in [-0.2, -0.15) is 0 Å². The van der Waals surface area contributed by atoms with Gasteiger partial charge in [0.05, 0.1) is 17.7 Å². The molecule has 22 heavy (non-hydrogen) atoms. The number of primary amides is 1. The molecule has 1 amide bonds. The van der Waals surface area contributed by atoms with Crippen molar-refractivity contribution in [2.24, 2.45) is 5.73 Å². The molecule has 0 radical (unpaired) electrons. The van der Waals surface area contributed by atoms with Gasteiger partial charge in [-0.25, -0.2) is 4.98 Å². The highest BCUT2D eigenvalue weighted by Crippen LogP contribution is 2.21. The van der Waals surface area contributed by atoms with Crippen molar-refractivity contribution in [3.8, 4) is 22.7 Å². The number of imidazole rings is 1. The van der Waals surface area contributed by atoms with Gasteiger partial charge in [-0.3, -0.25) is 4.79 Å². The molecule has 0 atom stereocenters. The zero-order chi connectivity index (χ0) is 15.4. The Hall–Kier alpha value is -3.08. The topological polar surface area (TPSA) is 70.1 Å². The van der Waals surface area contributed by atoms with Gasteiger partial charge >= 0.3 is 0 Å². The molecule has 3 aromatic rings. The Morgan fingerprint density at radius 3 is 2.73 bits per heavy atom. The van der Waals surface area contributed by atoms with Crippen molar-refractivity contribution < 1.29 is 9.53 Å². The molecule has 0 unspecified atom stereocenters. The summed E-state index contributed by atoms with van der Waals surface area (Å²) in [5.74, 6) is 0.0886. The predicted molar refractivity (Wildman–Crippen MR) is 83.7 cm³/mol. The Bertz CT molecular complexity index is 781. The molecule has 0 aliphatic heterocycles. The molecule has 2 N–H and O–H groups in total. The number of rotatable bonds is 5. The predicted octanol–water partition coefficient (Wildman–Crippen LogP) is 2.40. The monoisotopic (exact) mass is 293 g/mol. The SMILES string of the molecule is NC(=O)COc1cccc(-n2cnc(-c3ccccc3)c2)c1. The highest BCUT2D eigenvalue weighted by Gasteiger charge is 2.05. The van der Waals surface area contributed by atoms with Crippen LogP contribution in [0.15, 0.2) is 67.1 Å². The van der Waals surface area contributed by atoms with E-state index in [1.807, 2.05) is 59.3 Å². The standard InChI is InChI=1S/C17H15N3O2/c18-17(21)11-22-15-8-4-7-14(9-15)20-10-16(19-12-20)13-5-2-1-3-6-13/h1-10,12H,11H2,(H2,18,21). The second-order valence-electron chi connectivity index (χ2n) is 4.78. The highest BCUT2D eigenvalue weighted by atomic mass is 16.5. The first kappa shape index (κ1) is 13.9. The second-order valence-corrected chi connectivity index (χ2v) is 4.78. The van der Waals surface area contributed by atoms with Gasteiger partial charge in [-0.15, -0.1) is 0 Å². The van der Waals surface area contributed by atoms with Crippen molar-refractivity contribution in [2.75, 3.05) is 6.61 Å². The molecule has 0 fully saturated rings. The van der Waals surface area contributed by atoms with Crippen LogP contribution in [0.3, 0.4) is 0 Å². The third kappa shape index (κ3) is 3.15. The number of benzene rings is 2. The van der Waals surface area contributed by atoms with Crippen molar-refractivity contribution >= 4 is 5.91 Å². The van der Waals surface area contributed by atoms with Crippen LogP contribution in [0.4, 0.5) is 0 Å². The van der Waals surface area contributed by atoms with E-state index in [0.29, 0.717) is 5.75 Å². The van der Waals surface area contributed by atoms with Crippen LogP contribution in [0, 0.1) is 0 Å². The van der Waals surface area contributed by atoms with Gasteiger partial charge in [0.25, 0.3) is 5.91 Å². The largest absolute Gasteiger partial charge is 0.484 e. The summed E-state index contributed by atoms with van der Waals surface area (Å²) in [4.78, 5) is 15.2. The van der Waals surface area contributed by atoms with E-state index < -0.39 is 5.91 Å². The van der Waals surface area contributed by atoms with E-state index in [0.717, 1.165) is 16.9 Å². The number of nitrogens with zero attached hydrogens (tertiary/aromatic N) is 2. The van der Waals surface area contributed by atoms with Crippen LogP contribution in [0.5, 0.6) is 5.75 Å². The zero-order valence-electron chi connectivity index (χ0n) is 11.8. The summed E-state index contributed by atoms with van der Waals surface area (Å²) >= 11 is 0. The number of ether oxygens (including phenoxy) is 1. The van der Waals surface area contributed by atoms with Crippen molar-refractivity contribution in [1.82, 2.24) is 9.55 Å². The fourth-order valence-electron chi connectivity index (χ4n) is 2.11. The van der Waals surface area contributed by atoms with Gasteiger partial charge in [0.1, 0.15) is 5.75 Å². The molecule has 0 aliphatic rings. The van der Waals surface area contributed by atoms with E-state index >= 15 is 0 Å². The minimum absolute atomic E-state index is 0.136. The maximum Gasteiger partial charge on any atom is 0.255 e. The summed E-state index contributed by atoms with van der Waals surface area (Å²) in [6, 6.07) is 17.4. The maximum atomic E-state index is 10.8. The smallest absolute Gasteiger partial charge is 0.255 e. The molecule has 3 rings (SSSR count). The average Bonchev–Trinajstić information content (AvgIpc) is 3.04. The van der Waals surface area contributed by atoms with E-state index in [1.54, 1.807) is 12.4 Å². The van der Waals surface area contributed by atoms with Gasteiger partial charge in [0.2, 0.25) is 0 Å². The number of carbonyl (C=O) groups is 1. The highest BCUT2D eigenvalue weighted by molar-refractivity contribution is 5.75. The quantitative estimate of drug-likeness (QED) is 0.785. The minimum atomic E-state index is -0.501. The van der Waals surface area contributed by atoms with Crippen LogP contribution in [-0.4, -0.2) is 22.1 Å². The number of carbonyl (C=O) groups excluding carboxylic acids is 1. The Labute approximate surface area is 128 Å². The normalized spacial score (nSPS) is 10.4. The summed E-state index contributed by atoms with van der Waals surface area (Å²) in [5.41, 5.74) is 7.93. The molecule has 5 heteroatoms. The molecule has 0 saturated carbocycles. The molecule has 110 valence electrons. The van der Waals surface area contributed by atoms with E-state index in [9.17, 15) is 4.79 Å². The Kier molecular flexibility index (Phi) is 3.87. The Morgan fingerprint density at radius 2 is 1.95 bits per heavy atom. The molecule has 2 aromatic carbocycles. The van der Waals surface area contributed by atoms with Crippen LogP contribution < -0.4 is 10.5 Å². The van der Waals surface area contributed by atoms with Gasteiger partial charge in [0, 0.05) is 17.8 Å². The molecule has 0 aliphatic carbocycles. The lowest BCUT2D eigenvalue weighted by atomic mass is 10.2. The Balaban J connectivity index is 1.84. The number of aromatic nitrogens is 2. The Morgan fingerprint density at radius 1 is 1.14 bits per heavy atom.